The fourth-order valence-corrected chi connectivity index (χ4v) is 1.33. The molecule has 0 aromatic carbocycles. The second-order valence-corrected chi connectivity index (χ2v) is 7.94. The van der Waals surface area contributed by atoms with Gasteiger partial charge in [-0.3, -0.25) is 0 Å². The Morgan fingerprint density at radius 3 is 0.325 bits per heavy atom. The van der Waals surface area contributed by atoms with Gasteiger partial charge in [0.15, 0.2) is 0 Å². The summed E-state index contributed by atoms with van der Waals surface area (Å²) in [5.74, 6) is 0. The second-order valence-electron chi connectivity index (χ2n) is 7.94. The number of hydrogen-bond acceptors (Lipinski definition) is 0. The normalized spacial score (nSPS) is 8.70. The maximum absolute atomic E-state index is 3.48. The van der Waals surface area contributed by atoms with Gasteiger partial charge in [-0.2, -0.15) is 0 Å². The van der Waals surface area contributed by atoms with Crippen molar-refractivity contribution < 1.29 is 0 Å². The molecule has 240 valence electrons. The first kappa shape index (κ1) is 57.7. The smallest absolute Gasteiger partial charge is 0.0379 e. The van der Waals surface area contributed by atoms with Crippen molar-refractivity contribution >= 4 is 0 Å². The Kier molecular flexibility index (Phi) is 143. The van der Waals surface area contributed by atoms with E-state index in [1.54, 1.807) is 0 Å². The molecule has 0 fully saturated rings. The Morgan fingerprint density at radius 2 is 0.300 bits per heavy atom. The van der Waals surface area contributed by atoms with Gasteiger partial charge < -0.3 is 0 Å². The van der Waals surface area contributed by atoms with Gasteiger partial charge in [0.1, 0.15) is 0 Å². The summed E-state index contributed by atoms with van der Waals surface area (Å²) in [7, 11) is 0. The summed E-state index contributed by atoms with van der Waals surface area (Å²) in [5.41, 5.74) is 0. The van der Waals surface area contributed by atoms with Crippen molar-refractivity contribution in [2.24, 2.45) is 0 Å². The minimum atomic E-state index is 1.08. The summed E-state index contributed by atoms with van der Waals surface area (Å²) in [6.07, 6.45) is 38.7. The van der Waals surface area contributed by atoms with E-state index in [1.165, 1.54) is 51.4 Å². The van der Waals surface area contributed by atoms with Gasteiger partial charge in [-0.15, -0.1) is 26.3 Å². The van der Waals surface area contributed by atoms with Gasteiger partial charge >= 0.3 is 0 Å². The molecule has 0 aromatic rings. The van der Waals surface area contributed by atoms with Crippen LogP contribution in [-0.2, 0) is 0 Å². The van der Waals surface area contributed by atoms with E-state index in [0.29, 0.717) is 0 Å². The number of allylic oxidation sites excluding steroid dienone is 12. The molecule has 0 aliphatic heterocycles. The van der Waals surface area contributed by atoms with Gasteiger partial charge in [0, 0.05) is 0 Å². The van der Waals surface area contributed by atoms with Crippen LogP contribution in [0, 0.1) is 0 Å². The fraction of sp³-hybridized carbons (Fsp3) is 0.600. The van der Waals surface area contributed by atoms with Crippen LogP contribution >= 0.6 is 0 Å². The zero-order valence-electron chi connectivity index (χ0n) is 30.2. The zero-order chi connectivity index (χ0) is 33.0. The van der Waals surface area contributed by atoms with E-state index >= 15 is 0 Å². The van der Waals surface area contributed by atoms with E-state index in [1.807, 2.05) is 24.3 Å². The summed E-state index contributed by atoms with van der Waals surface area (Å²) in [6, 6.07) is 0. The minimum Gasteiger partial charge on any atom is -0.103 e. The summed E-state index contributed by atoms with van der Waals surface area (Å²) in [5, 5.41) is 0. The molecular formula is C40H80. The highest BCUT2D eigenvalue weighted by Gasteiger charge is 1.61. The van der Waals surface area contributed by atoms with Crippen molar-refractivity contribution in [1.29, 1.82) is 0 Å². The van der Waals surface area contributed by atoms with Gasteiger partial charge in [0.25, 0.3) is 0 Å². The van der Waals surface area contributed by atoms with E-state index in [-0.39, 0.29) is 0 Å². The molecule has 0 saturated heterocycles. The van der Waals surface area contributed by atoms with E-state index in [0.717, 1.165) is 25.7 Å². The third-order valence-electron chi connectivity index (χ3n) is 3.71. The molecule has 0 bridgehead atoms. The standard InChI is InChI=1S/4C6H12.4C4H8/c4*1-3-5-6-4-2;4*1-3-4-2/h4*5-6H,3-4H2,1-2H3;4*3H,1,4H2,2H3/b4*6-5-;;;;. The minimum absolute atomic E-state index is 1.08. The summed E-state index contributed by atoms with van der Waals surface area (Å²) in [6.45, 7) is 39.3. The van der Waals surface area contributed by atoms with Crippen LogP contribution in [0.25, 0.3) is 0 Å². The molecule has 0 atom stereocenters. The molecule has 40 heavy (non-hydrogen) atoms. The highest BCUT2D eigenvalue weighted by Crippen LogP contribution is 1.83. The van der Waals surface area contributed by atoms with Crippen LogP contribution in [0.15, 0.2) is 99.2 Å². The molecule has 0 aromatic heterocycles. The van der Waals surface area contributed by atoms with Gasteiger partial charge in [0.2, 0.25) is 0 Å². The predicted molar refractivity (Wildman–Crippen MR) is 201 cm³/mol. The third-order valence-corrected chi connectivity index (χ3v) is 3.71. The van der Waals surface area contributed by atoms with Crippen molar-refractivity contribution in [3.8, 4) is 0 Å². The van der Waals surface area contributed by atoms with Crippen molar-refractivity contribution in [2.75, 3.05) is 0 Å². The predicted octanol–water partition coefficient (Wildman–Crippen LogP) is 15.8. The molecule has 0 aliphatic carbocycles. The molecule has 0 spiro atoms. The summed E-state index contributed by atoms with van der Waals surface area (Å²) >= 11 is 0. The topological polar surface area (TPSA) is 0 Å². The fourth-order valence-electron chi connectivity index (χ4n) is 1.33. The average Bonchev–Trinajstić information content (AvgIpc) is 3.01. The lowest BCUT2D eigenvalue weighted by molar-refractivity contribution is 1.16. The lowest BCUT2D eigenvalue weighted by Crippen LogP contribution is -1.51. The lowest BCUT2D eigenvalue weighted by atomic mass is 10.4. The van der Waals surface area contributed by atoms with Crippen LogP contribution in [0.3, 0.4) is 0 Å². The molecule has 0 unspecified atom stereocenters. The third kappa shape index (κ3) is 226. The molecule has 0 N–H and O–H groups in total. The molecule has 0 saturated carbocycles. The first-order valence-corrected chi connectivity index (χ1v) is 16.4. The molecule has 0 aliphatic rings. The Bertz CT molecular complexity index is 344. The van der Waals surface area contributed by atoms with Crippen LogP contribution in [0.2, 0.25) is 0 Å². The quantitative estimate of drug-likeness (QED) is 0.208. The highest BCUT2D eigenvalue weighted by molar-refractivity contribution is 4.79. The molecule has 0 rings (SSSR count). The molecule has 0 nitrogen and oxygen atoms in total. The van der Waals surface area contributed by atoms with Crippen LogP contribution in [0.1, 0.15) is 160 Å². The molecular weight excluding hydrogens is 480 g/mol. The van der Waals surface area contributed by atoms with Crippen LogP contribution in [0.4, 0.5) is 0 Å². The van der Waals surface area contributed by atoms with E-state index < -0.39 is 0 Å². The van der Waals surface area contributed by atoms with Crippen LogP contribution < -0.4 is 0 Å². The van der Waals surface area contributed by atoms with Crippen molar-refractivity contribution in [3.05, 3.63) is 99.2 Å². The lowest BCUT2D eigenvalue weighted by Gasteiger charge is -1.72. The van der Waals surface area contributed by atoms with E-state index in [4.69, 9.17) is 0 Å². The van der Waals surface area contributed by atoms with Gasteiger partial charge in [-0.25, -0.2) is 0 Å². The number of rotatable bonds is 12. The van der Waals surface area contributed by atoms with E-state index in [9.17, 15) is 0 Å². The van der Waals surface area contributed by atoms with Gasteiger partial charge in [-0.05, 0) is 77.0 Å². The van der Waals surface area contributed by atoms with Crippen molar-refractivity contribution in [2.45, 2.75) is 160 Å². The van der Waals surface area contributed by atoms with E-state index in [2.05, 4.69) is 158 Å². The van der Waals surface area contributed by atoms with Gasteiger partial charge in [0.05, 0.1) is 0 Å². The van der Waals surface area contributed by atoms with Crippen molar-refractivity contribution in [3.63, 3.8) is 0 Å². The molecule has 0 heterocycles. The largest absolute Gasteiger partial charge is 0.103 e. The Labute approximate surface area is 258 Å². The first-order chi connectivity index (χ1) is 19.3. The zero-order valence-corrected chi connectivity index (χ0v) is 30.2. The molecule has 0 heteroatoms. The Balaban J connectivity index is -0.0000000492. The maximum atomic E-state index is 3.48. The number of hydrogen-bond donors (Lipinski definition) is 0. The Hall–Kier alpha value is -2.08. The van der Waals surface area contributed by atoms with Crippen molar-refractivity contribution in [1.82, 2.24) is 0 Å². The second kappa shape index (κ2) is 99.1. The Morgan fingerprint density at radius 1 is 0.225 bits per heavy atom. The SMILES string of the molecule is C=CCC.C=CCC.C=CCC.C=CCC.CC/C=C\CC.CC/C=C\CC.CC/C=C\CC.CC/C=C\CC. The maximum Gasteiger partial charge on any atom is -0.0379 e. The monoisotopic (exact) mass is 561 g/mol. The first-order valence-electron chi connectivity index (χ1n) is 16.4. The van der Waals surface area contributed by atoms with Gasteiger partial charge in [-0.1, -0.05) is 156 Å². The molecule has 0 radical (unpaired) electrons. The van der Waals surface area contributed by atoms with Crippen LogP contribution in [-0.4, -0.2) is 0 Å². The van der Waals surface area contributed by atoms with Crippen LogP contribution in [0.5, 0.6) is 0 Å². The highest BCUT2D eigenvalue weighted by atomic mass is 13.7. The molecule has 0 amide bonds. The average molecular weight is 561 g/mol. The summed E-state index contributed by atoms with van der Waals surface area (Å²) < 4.78 is 0. The summed E-state index contributed by atoms with van der Waals surface area (Å²) in [4.78, 5) is 0.